The highest BCUT2D eigenvalue weighted by atomic mass is 28.3. The Morgan fingerprint density at radius 2 is 2.05 bits per heavy atom. The number of halogens is 2. The molecule has 0 aliphatic carbocycles. The Hall–Kier alpha value is -1.47. The summed E-state index contributed by atoms with van der Waals surface area (Å²) < 4.78 is 34.1. The molecule has 0 saturated heterocycles. The molecule has 0 radical (unpaired) electrons. The predicted molar refractivity (Wildman–Crippen MR) is 75.4 cm³/mol. The minimum atomic E-state index is -1.19. The fourth-order valence-corrected chi connectivity index (χ4v) is 2.56. The third-order valence-corrected chi connectivity index (χ3v) is 4.71. The van der Waals surface area contributed by atoms with Gasteiger partial charge in [-0.15, -0.1) is 0 Å². The van der Waals surface area contributed by atoms with Gasteiger partial charge in [0, 0.05) is 20.7 Å². The van der Waals surface area contributed by atoms with Gasteiger partial charge in [0.15, 0.2) is 11.6 Å². The smallest absolute Gasteiger partial charge is 0.190 e. The zero-order valence-electron chi connectivity index (χ0n) is 11.8. The molecule has 1 N–H and O–H groups in total. The summed E-state index contributed by atoms with van der Waals surface area (Å²) in [4.78, 5) is 0. The fraction of sp³-hybridized carbons (Fsp3) is 0.462. The van der Waals surface area contributed by atoms with E-state index in [0.717, 1.165) is 12.1 Å². The summed E-state index contributed by atoms with van der Waals surface area (Å²) in [6.45, 7) is 7.28. The van der Waals surface area contributed by atoms with E-state index in [1.54, 1.807) is 0 Å². The molecule has 1 heterocycles. The normalized spacial score (nSPS) is 12.2. The lowest BCUT2D eigenvalue weighted by Gasteiger charge is -2.15. The van der Waals surface area contributed by atoms with Gasteiger partial charge in [0.05, 0.1) is 11.6 Å². The molecule has 0 aliphatic rings. The average Bonchev–Trinajstić information content (AvgIpc) is 2.75. The molecule has 0 fully saturated rings. The molecule has 1 aromatic carbocycles. The monoisotopic (exact) mass is 300 g/mol. The van der Waals surface area contributed by atoms with Gasteiger partial charge in [-0.25, -0.2) is 13.5 Å². The molecule has 0 bridgehead atoms. The van der Waals surface area contributed by atoms with E-state index in [9.17, 15) is 13.9 Å². The molecule has 0 unspecified atom stereocenters. The highest BCUT2D eigenvalue weighted by Crippen LogP contribution is 2.28. The number of benzene rings is 1. The van der Waals surface area contributed by atoms with Crippen molar-refractivity contribution in [3.05, 3.63) is 23.9 Å². The van der Waals surface area contributed by atoms with E-state index in [1.165, 1.54) is 10.9 Å². The quantitative estimate of drug-likeness (QED) is 0.680. The molecule has 20 heavy (non-hydrogen) atoms. The van der Waals surface area contributed by atoms with Crippen molar-refractivity contribution in [3.63, 3.8) is 0 Å². The van der Waals surface area contributed by atoms with Gasteiger partial charge in [-0.1, -0.05) is 19.6 Å². The SMILES string of the molecule is C[Si](C)(C)CCOCn1ncc2c(F)cc(O)c(F)c21. The number of phenolic OH excluding ortho intramolecular Hbond substituents is 1. The van der Waals surface area contributed by atoms with Gasteiger partial charge in [0.2, 0.25) is 0 Å². The summed E-state index contributed by atoms with van der Waals surface area (Å²) in [5.41, 5.74) is -0.0736. The average molecular weight is 300 g/mol. The van der Waals surface area contributed by atoms with Crippen LogP contribution in [0.5, 0.6) is 5.75 Å². The highest BCUT2D eigenvalue weighted by Gasteiger charge is 2.17. The Balaban J connectivity index is 2.15. The van der Waals surface area contributed by atoms with Crippen molar-refractivity contribution in [1.29, 1.82) is 0 Å². The second kappa shape index (κ2) is 5.49. The van der Waals surface area contributed by atoms with Crippen LogP contribution in [0, 0.1) is 11.6 Å². The van der Waals surface area contributed by atoms with Crippen molar-refractivity contribution in [2.45, 2.75) is 32.4 Å². The molecule has 4 nitrogen and oxygen atoms in total. The first-order valence-electron chi connectivity index (χ1n) is 6.40. The van der Waals surface area contributed by atoms with E-state index in [2.05, 4.69) is 24.7 Å². The Bertz CT molecular complexity index is 623. The van der Waals surface area contributed by atoms with E-state index in [4.69, 9.17) is 4.74 Å². The first kappa shape index (κ1) is 14.9. The number of aromatic nitrogens is 2. The predicted octanol–water partition coefficient (Wildman–Crippen LogP) is 3.33. The summed E-state index contributed by atoms with van der Waals surface area (Å²) >= 11 is 0. The molecule has 110 valence electrons. The van der Waals surface area contributed by atoms with Crippen molar-refractivity contribution in [2.75, 3.05) is 6.61 Å². The standard InChI is InChI=1S/C13H18F2N2O2Si/c1-20(2,3)5-4-19-8-17-13-9(7-16-17)10(14)6-11(18)12(13)15/h6-7,18H,4-5,8H2,1-3H3. The van der Waals surface area contributed by atoms with Crippen molar-refractivity contribution in [2.24, 2.45) is 0 Å². The van der Waals surface area contributed by atoms with Crippen LogP contribution < -0.4 is 0 Å². The van der Waals surface area contributed by atoms with E-state index in [1.807, 2.05) is 0 Å². The topological polar surface area (TPSA) is 47.3 Å². The molecule has 7 heteroatoms. The molecule has 2 aromatic rings. The lowest BCUT2D eigenvalue weighted by Crippen LogP contribution is -2.22. The van der Waals surface area contributed by atoms with Crippen LogP contribution in [-0.2, 0) is 11.5 Å². The number of phenols is 1. The molecule has 0 atom stereocenters. The molecular formula is C13H18F2N2O2Si. The largest absolute Gasteiger partial charge is 0.505 e. The summed E-state index contributed by atoms with van der Waals surface area (Å²) in [6, 6.07) is 1.73. The van der Waals surface area contributed by atoms with Crippen LogP contribution >= 0.6 is 0 Å². The van der Waals surface area contributed by atoms with E-state index in [-0.39, 0.29) is 17.6 Å². The highest BCUT2D eigenvalue weighted by molar-refractivity contribution is 6.76. The molecule has 0 aliphatic heterocycles. The number of hydrogen-bond donors (Lipinski definition) is 1. The van der Waals surface area contributed by atoms with Crippen LogP contribution in [-0.4, -0.2) is 29.6 Å². The third kappa shape index (κ3) is 3.16. The lowest BCUT2D eigenvalue weighted by atomic mass is 10.2. The van der Waals surface area contributed by atoms with Crippen LogP contribution in [0.2, 0.25) is 25.7 Å². The maximum absolute atomic E-state index is 13.8. The second-order valence-electron chi connectivity index (χ2n) is 5.95. The summed E-state index contributed by atoms with van der Waals surface area (Å²) in [7, 11) is -1.19. The molecule has 2 rings (SSSR count). The van der Waals surface area contributed by atoms with Crippen LogP contribution in [0.25, 0.3) is 10.9 Å². The maximum Gasteiger partial charge on any atom is 0.190 e. The Morgan fingerprint density at radius 1 is 1.35 bits per heavy atom. The lowest BCUT2D eigenvalue weighted by molar-refractivity contribution is 0.0812. The van der Waals surface area contributed by atoms with Crippen molar-refractivity contribution in [3.8, 4) is 5.75 Å². The number of aromatic hydroxyl groups is 1. The fourth-order valence-electron chi connectivity index (χ4n) is 1.80. The van der Waals surface area contributed by atoms with Gasteiger partial charge in [-0.05, 0) is 6.04 Å². The van der Waals surface area contributed by atoms with Crippen LogP contribution in [0.3, 0.4) is 0 Å². The number of fused-ring (bicyclic) bond motifs is 1. The number of rotatable bonds is 5. The second-order valence-corrected chi connectivity index (χ2v) is 11.6. The minimum Gasteiger partial charge on any atom is -0.505 e. The molecule has 0 saturated carbocycles. The number of ether oxygens (including phenoxy) is 1. The third-order valence-electron chi connectivity index (χ3n) is 3.00. The Labute approximate surface area is 117 Å². The van der Waals surface area contributed by atoms with E-state index < -0.39 is 25.5 Å². The summed E-state index contributed by atoms with van der Waals surface area (Å²) in [5, 5.41) is 13.3. The van der Waals surface area contributed by atoms with Crippen LogP contribution in [0.15, 0.2) is 12.3 Å². The molecule has 0 amide bonds. The van der Waals surface area contributed by atoms with Gasteiger partial charge in [-0.2, -0.15) is 5.10 Å². The Morgan fingerprint density at radius 3 is 2.70 bits per heavy atom. The van der Waals surface area contributed by atoms with Crippen molar-refractivity contribution >= 4 is 19.0 Å². The molecular weight excluding hydrogens is 282 g/mol. The molecule has 1 aromatic heterocycles. The van der Waals surface area contributed by atoms with Crippen molar-refractivity contribution < 1.29 is 18.6 Å². The van der Waals surface area contributed by atoms with E-state index >= 15 is 0 Å². The van der Waals surface area contributed by atoms with Crippen LogP contribution in [0.1, 0.15) is 0 Å². The zero-order chi connectivity index (χ0) is 14.9. The Kier molecular flexibility index (Phi) is 4.10. The van der Waals surface area contributed by atoms with Gasteiger partial charge in [0.1, 0.15) is 18.1 Å². The van der Waals surface area contributed by atoms with Gasteiger partial charge in [0.25, 0.3) is 0 Å². The zero-order valence-corrected chi connectivity index (χ0v) is 12.8. The summed E-state index contributed by atoms with van der Waals surface area (Å²) in [6.07, 6.45) is 1.23. The minimum absolute atomic E-state index is 0.0355. The van der Waals surface area contributed by atoms with Gasteiger partial charge < -0.3 is 9.84 Å². The first-order valence-corrected chi connectivity index (χ1v) is 10.1. The number of nitrogens with zero attached hydrogens (tertiary/aromatic N) is 2. The maximum atomic E-state index is 13.8. The summed E-state index contributed by atoms with van der Waals surface area (Å²) in [5.74, 6) is -2.31. The van der Waals surface area contributed by atoms with Crippen LogP contribution in [0.4, 0.5) is 8.78 Å². The molecule has 0 spiro atoms. The number of hydrogen-bond acceptors (Lipinski definition) is 3. The van der Waals surface area contributed by atoms with Crippen molar-refractivity contribution in [1.82, 2.24) is 9.78 Å². The van der Waals surface area contributed by atoms with Gasteiger partial charge >= 0.3 is 0 Å². The van der Waals surface area contributed by atoms with E-state index in [0.29, 0.717) is 6.61 Å². The first-order chi connectivity index (χ1) is 9.29. The van der Waals surface area contributed by atoms with Gasteiger partial charge in [-0.3, -0.25) is 0 Å².